The number of nitrogens with one attached hydrogen (secondary N) is 1. The van der Waals surface area contributed by atoms with Gasteiger partial charge < -0.3 is 11.1 Å². The maximum absolute atomic E-state index is 5.65. The van der Waals surface area contributed by atoms with Crippen LogP contribution in [0.15, 0.2) is 6.07 Å². The summed E-state index contributed by atoms with van der Waals surface area (Å²) in [5, 5.41) is 3.48. The van der Waals surface area contributed by atoms with Gasteiger partial charge in [-0.3, -0.25) is 0 Å². The average molecular weight is 278 g/mol. The van der Waals surface area contributed by atoms with Crippen molar-refractivity contribution in [2.45, 2.75) is 52.0 Å². The van der Waals surface area contributed by atoms with E-state index in [2.05, 4.69) is 22.2 Å². The summed E-state index contributed by atoms with van der Waals surface area (Å²) in [7, 11) is 0. The number of thiocarbonyl (C=S) groups is 1. The molecule has 3 N–H and O–H groups in total. The van der Waals surface area contributed by atoms with E-state index in [-0.39, 0.29) is 0 Å². The molecule has 19 heavy (non-hydrogen) atoms. The van der Waals surface area contributed by atoms with E-state index in [1.807, 2.05) is 13.0 Å². The first-order valence-corrected chi connectivity index (χ1v) is 7.43. The van der Waals surface area contributed by atoms with Gasteiger partial charge in [0.25, 0.3) is 0 Å². The predicted molar refractivity (Wildman–Crippen MR) is 82.3 cm³/mol. The summed E-state index contributed by atoms with van der Waals surface area (Å²) in [4.78, 5) is 9.17. The van der Waals surface area contributed by atoms with Gasteiger partial charge in [0.15, 0.2) is 0 Å². The summed E-state index contributed by atoms with van der Waals surface area (Å²) in [5.41, 5.74) is 7.19. The molecule has 0 amide bonds. The van der Waals surface area contributed by atoms with E-state index in [0.29, 0.717) is 28.6 Å². The van der Waals surface area contributed by atoms with Crippen LogP contribution in [0.4, 0.5) is 5.95 Å². The molecule has 0 aliphatic heterocycles. The first-order chi connectivity index (χ1) is 9.10. The van der Waals surface area contributed by atoms with Gasteiger partial charge in [-0.25, -0.2) is 9.97 Å². The van der Waals surface area contributed by atoms with Crippen LogP contribution in [0.3, 0.4) is 0 Å². The molecule has 4 nitrogen and oxygen atoms in total. The monoisotopic (exact) mass is 278 g/mol. The molecule has 1 aliphatic carbocycles. The van der Waals surface area contributed by atoms with Gasteiger partial charge in [-0.15, -0.1) is 0 Å². The summed E-state index contributed by atoms with van der Waals surface area (Å²) < 4.78 is 0. The first kappa shape index (κ1) is 14.2. The molecule has 5 heteroatoms. The Hall–Kier alpha value is -1.23. The molecular formula is C14H22N4S. The molecule has 1 heterocycles. The molecule has 104 valence electrons. The Morgan fingerprint density at radius 3 is 2.84 bits per heavy atom. The lowest BCUT2D eigenvalue weighted by Gasteiger charge is -2.31. The molecule has 2 rings (SSSR count). The van der Waals surface area contributed by atoms with Crippen molar-refractivity contribution < 1.29 is 0 Å². The van der Waals surface area contributed by atoms with Crippen LogP contribution in [0, 0.1) is 12.8 Å². The predicted octanol–water partition coefficient (Wildman–Crippen LogP) is 2.80. The fourth-order valence-electron chi connectivity index (χ4n) is 2.81. The van der Waals surface area contributed by atoms with Crippen molar-refractivity contribution in [3.63, 3.8) is 0 Å². The van der Waals surface area contributed by atoms with Crippen LogP contribution >= 0.6 is 12.2 Å². The second-order valence-corrected chi connectivity index (χ2v) is 5.73. The Labute approximate surface area is 120 Å². The summed E-state index contributed by atoms with van der Waals surface area (Å²) in [5.74, 6) is 1.37. The topological polar surface area (TPSA) is 63.8 Å². The number of aryl methyl sites for hydroxylation is 1. The van der Waals surface area contributed by atoms with Crippen molar-refractivity contribution >= 4 is 23.2 Å². The smallest absolute Gasteiger partial charge is 0.223 e. The van der Waals surface area contributed by atoms with Crippen molar-refractivity contribution in [2.75, 3.05) is 5.32 Å². The summed E-state index contributed by atoms with van der Waals surface area (Å²) in [6, 6.07) is 2.30. The Balaban J connectivity index is 2.15. The molecular weight excluding hydrogens is 256 g/mol. The molecule has 0 spiro atoms. The van der Waals surface area contributed by atoms with Crippen molar-refractivity contribution in [2.24, 2.45) is 11.7 Å². The van der Waals surface area contributed by atoms with Crippen LogP contribution in [0.5, 0.6) is 0 Å². The largest absolute Gasteiger partial charge is 0.388 e. The van der Waals surface area contributed by atoms with E-state index in [4.69, 9.17) is 18.0 Å². The minimum absolute atomic E-state index is 0.323. The van der Waals surface area contributed by atoms with Crippen molar-refractivity contribution in [3.05, 3.63) is 17.5 Å². The maximum Gasteiger partial charge on any atom is 0.223 e. The fourth-order valence-corrected chi connectivity index (χ4v) is 2.92. The van der Waals surface area contributed by atoms with Crippen LogP contribution in [0.25, 0.3) is 0 Å². The van der Waals surface area contributed by atoms with Crippen LogP contribution in [-0.4, -0.2) is 21.0 Å². The molecule has 1 aromatic rings. The van der Waals surface area contributed by atoms with E-state index in [9.17, 15) is 0 Å². The third-order valence-corrected chi connectivity index (χ3v) is 4.06. The molecule has 0 radical (unpaired) electrons. The molecule has 2 atom stereocenters. The second kappa shape index (κ2) is 6.28. The van der Waals surface area contributed by atoms with Gasteiger partial charge in [-0.05, 0) is 31.7 Å². The molecule has 1 fully saturated rings. The van der Waals surface area contributed by atoms with Gasteiger partial charge in [-0.2, -0.15) is 0 Å². The Bertz CT molecular complexity index is 461. The summed E-state index contributed by atoms with van der Waals surface area (Å²) in [6.45, 7) is 4.19. The lowest BCUT2D eigenvalue weighted by Crippen LogP contribution is -2.32. The number of aromatic nitrogens is 2. The fraction of sp³-hybridized carbons (Fsp3) is 0.643. The van der Waals surface area contributed by atoms with Crippen molar-refractivity contribution in [1.29, 1.82) is 0 Å². The zero-order valence-corrected chi connectivity index (χ0v) is 12.5. The number of hydrogen-bond acceptors (Lipinski definition) is 4. The second-order valence-electron chi connectivity index (χ2n) is 5.29. The highest BCUT2D eigenvalue weighted by atomic mass is 32.1. The van der Waals surface area contributed by atoms with Gasteiger partial charge in [0.1, 0.15) is 10.7 Å². The third kappa shape index (κ3) is 3.62. The van der Waals surface area contributed by atoms with E-state index in [0.717, 1.165) is 5.69 Å². The lowest BCUT2D eigenvalue weighted by atomic mass is 9.83. The van der Waals surface area contributed by atoms with E-state index in [1.165, 1.54) is 32.1 Å². The highest BCUT2D eigenvalue weighted by Crippen LogP contribution is 2.28. The van der Waals surface area contributed by atoms with E-state index >= 15 is 0 Å². The number of nitrogens with two attached hydrogens (primary N) is 1. The molecule has 1 aliphatic rings. The van der Waals surface area contributed by atoms with Crippen LogP contribution in [-0.2, 0) is 0 Å². The average Bonchev–Trinajstić information content (AvgIpc) is 2.38. The van der Waals surface area contributed by atoms with Crippen LogP contribution < -0.4 is 11.1 Å². The summed E-state index contributed by atoms with van der Waals surface area (Å²) in [6.07, 6.45) is 6.30. The SMILES string of the molecule is CCC1CCCCC1Nc1nc(C)cc(C(N)=S)n1. The Kier molecular flexibility index (Phi) is 4.69. The van der Waals surface area contributed by atoms with E-state index in [1.54, 1.807) is 0 Å². The highest BCUT2D eigenvalue weighted by molar-refractivity contribution is 7.80. The molecule has 1 aromatic heterocycles. The Morgan fingerprint density at radius 2 is 2.16 bits per heavy atom. The van der Waals surface area contributed by atoms with E-state index < -0.39 is 0 Å². The van der Waals surface area contributed by atoms with Gasteiger partial charge in [0.05, 0.1) is 0 Å². The molecule has 0 aromatic carbocycles. The zero-order valence-electron chi connectivity index (χ0n) is 11.6. The van der Waals surface area contributed by atoms with Crippen molar-refractivity contribution in [3.8, 4) is 0 Å². The zero-order chi connectivity index (χ0) is 13.8. The lowest BCUT2D eigenvalue weighted by molar-refractivity contribution is 0.316. The number of nitrogens with zero attached hydrogens (tertiary/aromatic N) is 2. The minimum atomic E-state index is 0.323. The molecule has 1 saturated carbocycles. The summed E-state index contributed by atoms with van der Waals surface area (Å²) >= 11 is 4.99. The van der Waals surface area contributed by atoms with Gasteiger partial charge in [0.2, 0.25) is 5.95 Å². The quantitative estimate of drug-likeness (QED) is 0.829. The number of rotatable bonds is 4. The van der Waals surface area contributed by atoms with Gasteiger partial charge in [-0.1, -0.05) is 38.4 Å². The normalized spacial score (nSPS) is 23.1. The molecule has 0 saturated heterocycles. The third-order valence-electron chi connectivity index (χ3n) is 3.85. The van der Waals surface area contributed by atoms with Crippen molar-refractivity contribution in [1.82, 2.24) is 9.97 Å². The molecule has 0 bridgehead atoms. The Morgan fingerprint density at radius 1 is 1.42 bits per heavy atom. The van der Waals surface area contributed by atoms with Crippen LogP contribution in [0.2, 0.25) is 0 Å². The standard InChI is InChI=1S/C14H22N4S/c1-3-10-6-4-5-7-11(10)17-14-16-9(2)8-12(18-14)13(15)19/h8,10-11H,3-7H2,1-2H3,(H2,15,19)(H,16,17,18). The minimum Gasteiger partial charge on any atom is -0.388 e. The van der Waals surface area contributed by atoms with Crippen LogP contribution in [0.1, 0.15) is 50.4 Å². The highest BCUT2D eigenvalue weighted by Gasteiger charge is 2.24. The first-order valence-electron chi connectivity index (χ1n) is 7.02. The molecule has 2 unspecified atom stereocenters. The number of anilines is 1. The van der Waals surface area contributed by atoms with Gasteiger partial charge in [0, 0.05) is 11.7 Å². The number of hydrogen-bond donors (Lipinski definition) is 2. The van der Waals surface area contributed by atoms with Gasteiger partial charge >= 0.3 is 0 Å². The maximum atomic E-state index is 5.65.